The normalized spacial score (nSPS) is 9.80. The number of hydrogen-bond acceptors (Lipinski definition) is 2. The van der Waals surface area contributed by atoms with E-state index in [1.807, 2.05) is 0 Å². The first kappa shape index (κ1) is 7.88. The number of rotatable bonds is 2. The quantitative estimate of drug-likeness (QED) is 0.556. The summed E-state index contributed by atoms with van der Waals surface area (Å²) in [6, 6.07) is 2.78. The van der Waals surface area contributed by atoms with E-state index in [1.54, 1.807) is 0 Å². The van der Waals surface area contributed by atoms with E-state index in [4.69, 9.17) is 0 Å². The predicted molar refractivity (Wildman–Crippen MR) is 42.4 cm³/mol. The minimum absolute atomic E-state index is 0.0751. The standard InChI is InChI=1S/C6H4BrFOS/c7-3-4(9)5-1-2-6(8)10-5/h1-2H,3H2. The van der Waals surface area contributed by atoms with Gasteiger partial charge in [0.1, 0.15) is 0 Å². The van der Waals surface area contributed by atoms with Crippen LogP contribution in [0.2, 0.25) is 0 Å². The Morgan fingerprint density at radius 2 is 2.40 bits per heavy atom. The molecule has 0 bridgehead atoms. The smallest absolute Gasteiger partial charge is 0.183 e. The predicted octanol–water partition coefficient (Wildman–Crippen LogP) is 2.46. The molecule has 0 aromatic carbocycles. The lowest BCUT2D eigenvalue weighted by Gasteiger charge is -1.85. The van der Waals surface area contributed by atoms with Crippen LogP contribution < -0.4 is 0 Å². The second-order valence-electron chi connectivity index (χ2n) is 1.66. The van der Waals surface area contributed by atoms with Gasteiger partial charge in [-0.3, -0.25) is 4.79 Å². The van der Waals surface area contributed by atoms with Crippen LogP contribution in [-0.2, 0) is 0 Å². The fraction of sp³-hybridized carbons (Fsp3) is 0.167. The maximum Gasteiger partial charge on any atom is 0.183 e. The zero-order valence-corrected chi connectivity index (χ0v) is 7.34. The highest BCUT2D eigenvalue weighted by atomic mass is 79.9. The molecule has 4 heteroatoms. The van der Waals surface area contributed by atoms with Crippen molar-refractivity contribution < 1.29 is 9.18 Å². The summed E-state index contributed by atoms with van der Waals surface area (Å²) < 4.78 is 12.3. The second kappa shape index (κ2) is 3.25. The van der Waals surface area contributed by atoms with E-state index in [1.165, 1.54) is 12.1 Å². The molecule has 0 aliphatic rings. The molecule has 0 saturated heterocycles. The lowest BCUT2D eigenvalue weighted by Crippen LogP contribution is -1.94. The maximum absolute atomic E-state index is 12.3. The van der Waals surface area contributed by atoms with Gasteiger partial charge in [-0.2, -0.15) is 4.39 Å². The number of halogens is 2. The molecule has 0 fully saturated rings. The summed E-state index contributed by atoms with van der Waals surface area (Å²) in [6.45, 7) is 0. The first-order valence-electron chi connectivity index (χ1n) is 2.58. The second-order valence-corrected chi connectivity index (χ2v) is 3.26. The fourth-order valence-corrected chi connectivity index (χ4v) is 1.69. The maximum atomic E-state index is 12.3. The third-order valence-corrected chi connectivity index (χ3v) is 2.39. The molecule has 0 radical (unpaired) electrons. The molecule has 0 aliphatic carbocycles. The van der Waals surface area contributed by atoms with Crippen LogP contribution in [0.25, 0.3) is 0 Å². The van der Waals surface area contributed by atoms with E-state index in [9.17, 15) is 9.18 Å². The molecule has 0 atom stereocenters. The Morgan fingerprint density at radius 1 is 1.70 bits per heavy atom. The van der Waals surface area contributed by atoms with Crippen molar-refractivity contribution in [2.75, 3.05) is 5.33 Å². The zero-order valence-electron chi connectivity index (χ0n) is 4.93. The summed E-state index contributed by atoms with van der Waals surface area (Å²) in [4.78, 5) is 11.3. The third-order valence-electron chi connectivity index (χ3n) is 0.969. The summed E-state index contributed by atoms with van der Waals surface area (Å²) in [5, 5.41) is -0.0586. The van der Waals surface area contributed by atoms with E-state index >= 15 is 0 Å². The highest BCUT2D eigenvalue weighted by Crippen LogP contribution is 2.15. The number of Topliss-reactive ketones (excluding diaryl/α,β-unsaturated/α-hetero) is 1. The van der Waals surface area contributed by atoms with Gasteiger partial charge in [0.15, 0.2) is 10.9 Å². The number of alkyl halides is 1. The van der Waals surface area contributed by atoms with Gasteiger partial charge in [-0.15, -0.1) is 11.3 Å². The molecule has 0 unspecified atom stereocenters. The van der Waals surface area contributed by atoms with Crippen LogP contribution in [0.15, 0.2) is 12.1 Å². The van der Waals surface area contributed by atoms with Crippen LogP contribution in [0.5, 0.6) is 0 Å². The van der Waals surface area contributed by atoms with Crippen LogP contribution in [0.3, 0.4) is 0 Å². The molecule has 1 rings (SSSR count). The van der Waals surface area contributed by atoms with Gasteiger partial charge in [0.25, 0.3) is 0 Å². The largest absolute Gasteiger partial charge is 0.292 e. The van der Waals surface area contributed by atoms with Crippen LogP contribution >= 0.6 is 27.3 Å². The van der Waals surface area contributed by atoms with Crippen molar-refractivity contribution in [3.05, 3.63) is 22.1 Å². The van der Waals surface area contributed by atoms with Crippen molar-refractivity contribution in [2.24, 2.45) is 0 Å². The summed E-state index contributed by atoms with van der Waals surface area (Å²) in [7, 11) is 0. The number of ketones is 1. The molecule has 0 amide bonds. The van der Waals surface area contributed by atoms with Crippen LogP contribution in [0, 0.1) is 5.13 Å². The Kier molecular flexibility index (Phi) is 2.56. The van der Waals surface area contributed by atoms with Crippen molar-refractivity contribution in [3.63, 3.8) is 0 Å². The van der Waals surface area contributed by atoms with Gasteiger partial charge in [-0.1, -0.05) is 15.9 Å². The number of carbonyl (C=O) groups excluding carboxylic acids is 1. The number of hydrogen-bond donors (Lipinski definition) is 0. The lowest BCUT2D eigenvalue weighted by atomic mass is 10.4. The van der Waals surface area contributed by atoms with Crippen molar-refractivity contribution >= 4 is 33.0 Å². The Morgan fingerprint density at radius 3 is 2.80 bits per heavy atom. The molecular weight excluding hydrogens is 219 g/mol. The third kappa shape index (κ3) is 1.64. The summed E-state index contributed by atoms with van der Waals surface area (Å²) in [6.07, 6.45) is 0. The molecule has 1 nitrogen and oxygen atoms in total. The van der Waals surface area contributed by atoms with Crippen molar-refractivity contribution in [1.29, 1.82) is 0 Å². The van der Waals surface area contributed by atoms with Gasteiger partial charge in [-0.25, -0.2) is 0 Å². The van der Waals surface area contributed by atoms with E-state index in [2.05, 4.69) is 15.9 Å². The molecule has 1 aromatic rings. The van der Waals surface area contributed by atoms with Gasteiger partial charge in [0.05, 0.1) is 10.2 Å². The highest BCUT2D eigenvalue weighted by Gasteiger charge is 2.06. The summed E-state index contributed by atoms with van der Waals surface area (Å²) >= 11 is 3.87. The molecule has 1 heterocycles. The van der Waals surface area contributed by atoms with Gasteiger partial charge in [0, 0.05) is 0 Å². The fourth-order valence-electron chi connectivity index (χ4n) is 0.530. The lowest BCUT2D eigenvalue weighted by molar-refractivity contribution is 0.102. The average molecular weight is 223 g/mol. The molecular formula is C6H4BrFOS. The molecule has 0 spiro atoms. The Bertz CT molecular complexity index is 246. The average Bonchev–Trinajstić information content (AvgIpc) is 2.34. The Labute approximate surface area is 70.0 Å². The number of thiophene rings is 1. The van der Waals surface area contributed by atoms with Crippen molar-refractivity contribution in [3.8, 4) is 0 Å². The monoisotopic (exact) mass is 222 g/mol. The summed E-state index contributed by atoms with van der Waals surface area (Å²) in [5.41, 5.74) is 0. The SMILES string of the molecule is O=C(CBr)c1ccc(F)s1. The van der Waals surface area contributed by atoms with Crippen LogP contribution in [0.4, 0.5) is 4.39 Å². The minimum Gasteiger partial charge on any atom is -0.292 e. The van der Waals surface area contributed by atoms with Gasteiger partial charge in [-0.05, 0) is 12.1 Å². The van der Waals surface area contributed by atoms with E-state index in [-0.39, 0.29) is 16.2 Å². The topological polar surface area (TPSA) is 17.1 Å². The minimum atomic E-state index is -0.315. The summed E-state index contributed by atoms with van der Waals surface area (Å²) in [5.74, 6) is -0.0751. The highest BCUT2D eigenvalue weighted by molar-refractivity contribution is 9.09. The molecule has 0 aliphatic heterocycles. The molecule has 10 heavy (non-hydrogen) atoms. The van der Waals surface area contributed by atoms with Crippen LogP contribution in [0.1, 0.15) is 9.67 Å². The van der Waals surface area contributed by atoms with Gasteiger partial charge >= 0.3 is 0 Å². The molecule has 54 valence electrons. The first-order chi connectivity index (χ1) is 4.74. The Balaban J connectivity index is 2.85. The molecule has 1 aromatic heterocycles. The zero-order chi connectivity index (χ0) is 7.56. The van der Waals surface area contributed by atoms with Crippen molar-refractivity contribution in [1.82, 2.24) is 0 Å². The van der Waals surface area contributed by atoms with Crippen molar-refractivity contribution in [2.45, 2.75) is 0 Å². The van der Waals surface area contributed by atoms with E-state index < -0.39 is 0 Å². The molecule has 0 N–H and O–H groups in total. The van der Waals surface area contributed by atoms with Gasteiger partial charge < -0.3 is 0 Å². The van der Waals surface area contributed by atoms with E-state index in [0.717, 1.165) is 11.3 Å². The number of carbonyl (C=O) groups is 1. The van der Waals surface area contributed by atoms with Gasteiger partial charge in [0.2, 0.25) is 0 Å². The van der Waals surface area contributed by atoms with Crippen LogP contribution in [-0.4, -0.2) is 11.1 Å². The first-order valence-corrected chi connectivity index (χ1v) is 4.52. The Hall–Kier alpha value is -0.220. The molecule has 0 saturated carbocycles. The van der Waals surface area contributed by atoms with E-state index in [0.29, 0.717) is 4.88 Å².